The standard InChI is InChI=1S/C26H29NO4S/c28-14-6-7-15-30-25-17-20(22-18-32-24-11-5-4-10-21(22)24)16-23(31-25)26(29)27-13-12-19-8-2-1-3-9-19/h1-5,8-11,16,18,20,25,28H,6-7,12-15,17H2,(H,27,29)/t20-,25+/m1/s1. The number of ether oxygens (including phenoxy) is 2. The maximum Gasteiger partial charge on any atom is 0.286 e. The van der Waals surface area contributed by atoms with Crippen molar-refractivity contribution in [2.45, 2.75) is 37.9 Å². The Balaban J connectivity index is 1.47. The molecular weight excluding hydrogens is 422 g/mol. The molecule has 2 aromatic carbocycles. The number of unbranched alkanes of at least 4 members (excludes halogenated alkanes) is 1. The fourth-order valence-corrected chi connectivity index (χ4v) is 4.93. The van der Waals surface area contributed by atoms with E-state index >= 15 is 0 Å². The summed E-state index contributed by atoms with van der Waals surface area (Å²) in [6.07, 6.45) is 4.30. The first kappa shape index (κ1) is 22.5. The molecule has 0 unspecified atom stereocenters. The van der Waals surface area contributed by atoms with Crippen LogP contribution in [0.3, 0.4) is 0 Å². The van der Waals surface area contributed by atoms with Gasteiger partial charge in [-0.15, -0.1) is 11.3 Å². The summed E-state index contributed by atoms with van der Waals surface area (Å²) in [6, 6.07) is 18.4. The van der Waals surface area contributed by atoms with Crippen LogP contribution in [0.15, 0.2) is 71.8 Å². The summed E-state index contributed by atoms with van der Waals surface area (Å²) in [7, 11) is 0. The smallest absolute Gasteiger partial charge is 0.286 e. The van der Waals surface area contributed by atoms with Gasteiger partial charge >= 0.3 is 0 Å². The van der Waals surface area contributed by atoms with Crippen molar-refractivity contribution in [3.8, 4) is 0 Å². The minimum absolute atomic E-state index is 0.0395. The number of benzene rings is 2. The predicted molar refractivity (Wildman–Crippen MR) is 128 cm³/mol. The van der Waals surface area contributed by atoms with Crippen LogP contribution in [-0.2, 0) is 20.7 Å². The largest absolute Gasteiger partial charge is 0.459 e. The van der Waals surface area contributed by atoms with E-state index in [1.54, 1.807) is 11.3 Å². The van der Waals surface area contributed by atoms with Gasteiger partial charge in [0, 0.05) is 30.2 Å². The molecule has 3 aromatic rings. The number of aliphatic hydroxyl groups excluding tert-OH is 1. The Kier molecular flexibility index (Phi) is 7.93. The van der Waals surface area contributed by atoms with Crippen LogP contribution in [0.1, 0.15) is 36.3 Å². The molecule has 32 heavy (non-hydrogen) atoms. The summed E-state index contributed by atoms with van der Waals surface area (Å²) < 4.78 is 13.1. The number of rotatable bonds is 10. The number of hydrogen-bond donors (Lipinski definition) is 2. The molecule has 0 saturated carbocycles. The third-order valence-electron chi connectivity index (χ3n) is 5.59. The summed E-state index contributed by atoms with van der Waals surface area (Å²) >= 11 is 1.72. The molecule has 1 amide bonds. The average Bonchev–Trinajstić information content (AvgIpc) is 3.27. The van der Waals surface area contributed by atoms with Crippen LogP contribution in [-0.4, -0.2) is 37.1 Å². The van der Waals surface area contributed by atoms with Gasteiger partial charge in [0.2, 0.25) is 6.29 Å². The zero-order valence-electron chi connectivity index (χ0n) is 18.0. The number of thiophene rings is 1. The molecule has 1 aromatic heterocycles. The fraction of sp³-hybridized carbons (Fsp3) is 0.346. The van der Waals surface area contributed by atoms with E-state index in [1.807, 2.05) is 36.4 Å². The van der Waals surface area contributed by atoms with Crippen LogP contribution in [0, 0.1) is 0 Å². The van der Waals surface area contributed by atoms with Crippen molar-refractivity contribution in [1.82, 2.24) is 5.32 Å². The molecule has 0 aliphatic carbocycles. The zero-order valence-corrected chi connectivity index (χ0v) is 18.9. The molecule has 0 bridgehead atoms. The molecule has 2 N–H and O–H groups in total. The topological polar surface area (TPSA) is 67.8 Å². The molecule has 2 atom stereocenters. The predicted octanol–water partition coefficient (Wildman–Crippen LogP) is 4.76. The first-order valence-electron chi connectivity index (χ1n) is 11.1. The Morgan fingerprint density at radius 3 is 2.78 bits per heavy atom. The van der Waals surface area contributed by atoms with Gasteiger partial charge in [-0.25, -0.2) is 0 Å². The minimum atomic E-state index is -0.489. The molecular formula is C26H29NO4S. The Hall–Kier alpha value is -2.67. The second kappa shape index (κ2) is 11.3. The van der Waals surface area contributed by atoms with Crippen LogP contribution >= 0.6 is 11.3 Å². The lowest BCUT2D eigenvalue weighted by atomic mass is 9.92. The van der Waals surface area contributed by atoms with Crippen molar-refractivity contribution < 1.29 is 19.4 Å². The normalized spacial score (nSPS) is 18.2. The first-order chi connectivity index (χ1) is 15.7. The monoisotopic (exact) mass is 451 g/mol. The Labute approximate surface area is 192 Å². The van der Waals surface area contributed by atoms with Gasteiger partial charge in [-0.3, -0.25) is 4.79 Å². The van der Waals surface area contributed by atoms with Crippen LogP contribution in [0.2, 0.25) is 0 Å². The summed E-state index contributed by atoms with van der Waals surface area (Å²) in [5.74, 6) is 0.142. The molecule has 0 radical (unpaired) electrons. The highest BCUT2D eigenvalue weighted by Crippen LogP contribution is 2.38. The Morgan fingerprint density at radius 1 is 1.12 bits per heavy atom. The van der Waals surface area contributed by atoms with Crippen molar-refractivity contribution in [3.05, 3.63) is 82.9 Å². The summed E-state index contributed by atoms with van der Waals surface area (Å²) in [6.45, 7) is 1.18. The average molecular weight is 452 g/mol. The Bertz CT molecular complexity index is 1050. The van der Waals surface area contributed by atoms with E-state index in [0.29, 0.717) is 31.8 Å². The van der Waals surface area contributed by atoms with Gasteiger partial charge in [-0.05, 0) is 53.3 Å². The Morgan fingerprint density at radius 2 is 1.94 bits per heavy atom. The highest BCUT2D eigenvalue weighted by Gasteiger charge is 2.29. The molecule has 6 heteroatoms. The van der Waals surface area contributed by atoms with E-state index in [2.05, 4.69) is 35.0 Å². The molecule has 1 aliphatic heterocycles. The lowest BCUT2D eigenvalue weighted by Crippen LogP contribution is -2.34. The lowest BCUT2D eigenvalue weighted by Gasteiger charge is -2.29. The van der Waals surface area contributed by atoms with Crippen molar-refractivity contribution in [2.24, 2.45) is 0 Å². The van der Waals surface area contributed by atoms with E-state index in [-0.39, 0.29) is 18.4 Å². The molecule has 0 fully saturated rings. The highest BCUT2D eigenvalue weighted by molar-refractivity contribution is 7.17. The van der Waals surface area contributed by atoms with Crippen LogP contribution in [0.5, 0.6) is 0 Å². The number of allylic oxidation sites excluding steroid dienone is 1. The molecule has 2 heterocycles. The van der Waals surface area contributed by atoms with Gasteiger partial charge in [0.1, 0.15) is 0 Å². The van der Waals surface area contributed by atoms with Gasteiger partial charge in [-0.1, -0.05) is 48.5 Å². The van der Waals surface area contributed by atoms with Crippen LogP contribution in [0.25, 0.3) is 10.1 Å². The third-order valence-corrected chi connectivity index (χ3v) is 6.57. The number of amides is 1. The molecule has 168 valence electrons. The highest BCUT2D eigenvalue weighted by atomic mass is 32.1. The van der Waals surface area contributed by atoms with E-state index < -0.39 is 6.29 Å². The second-order valence-electron chi connectivity index (χ2n) is 7.90. The number of fused-ring (bicyclic) bond motifs is 1. The van der Waals surface area contributed by atoms with Crippen molar-refractivity contribution in [1.29, 1.82) is 0 Å². The summed E-state index contributed by atoms with van der Waals surface area (Å²) in [4.78, 5) is 12.9. The third kappa shape index (κ3) is 5.76. The molecule has 0 spiro atoms. The van der Waals surface area contributed by atoms with Gasteiger partial charge < -0.3 is 19.9 Å². The first-order valence-corrected chi connectivity index (χ1v) is 12.0. The molecule has 0 saturated heterocycles. The van der Waals surface area contributed by atoms with E-state index in [9.17, 15) is 4.79 Å². The second-order valence-corrected chi connectivity index (χ2v) is 8.81. The lowest BCUT2D eigenvalue weighted by molar-refractivity contribution is -0.146. The van der Waals surface area contributed by atoms with Gasteiger partial charge in [0.25, 0.3) is 5.91 Å². The number of carbonyl (C=O) groups excluding carboxylic acids is 1. The summed E-state index contributed by atoms with van der Waals surface area (Å²) in [5, 5.41) is 15.4. The molecule has 1 aliphatic rings. The molecule has 4 rings (SSSR count). The van der Waals surface area contributed by atoms with Crippen molar-refractivity contribution >= 4 is 27.3 Å². The van der Waals surface area contributed by atoms with E-state index in [4.69, 9.17) is 14.6 Å². The van der Waals surface area contributed by atoms with Crippen molar-refractivity contribution in [2.75, 3.05) is 19.8 Å². The zero-order chi connectivity index (χ0) is 22.2. The van der Waals surface area contributed by atoms with Crippen molar-refractivity contribution in [3.63, 3.8) is 0 Å². The number of aliphatic hydroxyl groups is 1. The number of hydrogen-bond acceptors (Lipinski definition) is 5. The molecule has 5 nitrogen and oxygen atoms in total. The fourth-order valence-electron chi connectivity index (χ4n) is 3.90. The summed E-state index contributed by atoms with van der Waals surface area (Å²) in [5.41, 5.74) is 2.38. The van der Waals surface area contributed by atoms with E-state index in [0.717, 1.165) is 12.8 Å². The van der Waals surface area contributed by atoms with Gasteiger partial charge in [0.15, 0.2) is 5.76 Å². The van der Waals surface area contributed by atoms with Gasteiger partial charge in [0.05, 0.1) is 6.61 Å². The quantitative estimate of drug-likeness (QED) is 0.436. The van der Waals surface area contributed by atoms with Crippen LogP contribution in [0.4, 0.5) is 0 Å². The minimum Gasteiger partial charge on any atom is -0.459 e. The SMILES string of the molecule is O=C(NCCc1ccccc1)C1=C[C@@H](c2csc3ccccc23)C[C@@H](OCCCCO)O1. The van der Waals surface area contributed by atoms with Crippen LogP contribution < -0.4 is 5.32 Å². The number of carbonyl (C=O) groups is 1. The maximum atomic E-state index is 12.9. The maximum absolute atomic E-state index is 12.9. The van der Waals surface area contributed by atoms with E-state index in [1.165, 1.54) is 21.2 Å². The number of nitrogens with one attached hydrogen (secondary N) is 1. The van der Waals surface area contributed by atoms with Gasteiger partial charge in [-0.2, -0.15) is 0 Å².